The molecule has 0 amide bonds. The predicted molar refractivity (Wildman–Crippen MR) is 203 cm³/mol. The van der Waals surface area contributed by atoms with Gasteiger partial charge in [0.1, 0.15) is 24.7 Å². The van der Waals surface area contributed by atoms with E-state index in [1.54, 1.807) is 13.8 Å². The van der Waals surface area contributed by atoms with Gasteiger partial charge in [0.05, 0.1) is 13.2 Å². The second-order valence-corrected chi connectivity index (χ2v) is 11.6. The van der Waals surface area contributed by atoms with Crippen molar-refractivity contribution in [3.8, 4) is 35.2 Å². The van der Waals surface area contributed by atoms with E-state index < -0.39 is 12.2 Å². The molecule has 3 rings (SSSR count). The summed E-state index contributed by atoms with van der Waals surface area (Å²) in [6, 6.07) is 23.0. The third-order valence-corrected chi connectivity index (χ3v) is 7.47. The summed E-state index contributed by atoms with van der Waals surface area (Å²) < 4.78 is 33.1. The summed E-state index contributed by atoms with van der Waals surface area (Å²) in [4.78, 5) is 24.3. The number of allylic oxidation sites excluding steroid dienone is 2. The van der Waals surface area contributed by atoms with Crippen LogP contribution in [-0.2, 0) is 41.4 Å². The van der Waals surface area contributed by atoms with E-state index in [1.807, 2.05) is 113 Å². The molecule has 0 spiro atoms. The van der Waals surface area contributed by atoms with Gasteiger partial charge in [-0.2, -0.15) is 0 Å². The van der Waals surface area contributed by atoms with Crippen LogP contribution in [0.15, 0.2) is 96.1 Å². The zero-order valence-corrected chi connectivity index (χ0v) is 31.2. The molecule has 0 unspecified atom stereocenters. The number of hydrogen-bond donors (Lipinski definition) is 0. The molecular formula is C44H50O8. The third-order valence-electron chi connectivity index (χ3n) is 7.47. The molecule has 0 bridgehead atoms. The van der Waals surface area contributed by atoms with Crippen molar-refractivity contribution >= 4 is 11.9 Å². The van der Waals surface area contributed by atoms with Gasteiger partial charge < -0.3 is 28.4 Å². The molecule has 0 aliphatic carbocycles. The van der Waals surface area contributed by atoms with Crippen molar-refractivity contribution in [1.29, 1.82) is 0 Å². The van der Waals surface area contributed by atoms with Gasteiger partial charge in [-0.1, -0.05) is 54.0 Å². The minimum atomic E-state index is -0.621. The molecule has 3 aromatic rings. The van der Waals surface area contributed by atoms with E-state index in [-0.39, 0.29) is 11.9 Å². The van der Waals surface area contributed by atoms with Gasteiger partial charge in [-0.25, -0.2) is 9.59 Å². The van der Waals surface area contributed by atoms with Crippen molar-refractivity contribution in [2.45, 2.75) is 66.6 Å². The molecule has 0 aromatic heterocycles. The average Bonchev–Trinajstić information content (AvgIpc) is 3.14. The average molecular weight is 707 g/mol. The molecule has 0 saturated heterocycles. The lowest BCUT2D eigenvalue weighted by atomic mass is 10.1. The SMILES string of the molecule is CCOC(=O)[C@H](Cc1ccc(OCC=C(C)C#Cc2cccc(C#C/C(C)=C/COc3ccc(C[C@H](OCC)C(=O)OCC)cc3)c2)cc1)OCC. The number of ether oxygens (including phenoxy) is 6. The molecule has 0 aliphatic heterocycles. The molecule has 0 radical (unpaired) electrons. The van der Waals surface area contributed by atoms with Crippen LogP contribution in [0.5, 0.6) is 11.5 Å². The van der Waals surface area contributed by atoms with Gasteiger partial charge in [0, 0.05) is 37.2 Å². The number of esters is 2. The Morgan fingerprint density at radius 2 is 1.00 bits per heavy atom. The highest BCUT2D eigenvalue weighted by molar-refractivity contribution is 5.75. The van der Waals surface area contributed by atoms with E-state index in [0.29, 0.717) is 52.5 Å². The number of hydrogen-bond acceptors (Lipinski definition) is 8. The zero-order valence-electron chi connectivity index (χ0n) is 31.2. The molecule has 2 atom stereocenters. The monoisotopic (exact) mass is 706 g/mol. The fraction of sp³-hybridized carbons (Fsp3) is 0.364. The Hall–Kier alpha value is -5.28. The minimum Gasteiger partial charge on any atom is -0.490 e. The Morgan fingerprint density at radius 1 is 0.596 bits per heavy atom. The van der Waals surface area contributed by atoms with Gasteiger partial charge in [-0.15, -0.1) is 0 Å². The van der Waals surface area contributed by atoms with Crippen LogP contribution in [0.4, 0.5) is 0 Å². The summed E-state index contributed by atoms with van der Waals surface area (Å²) in [6.07, 6.45) is 3.51. The van der Waals surface area contributed by atoms with Crippen LogP contribution in [0.1, 0.15) is 63.8 Å². The highest BCUT2D eigenvalue weighted by atomic mass is 16.6. The predicted octanol–water partition coefficient (Wildman–Crippen LogP) is 7.46. The third kappa shape index (κ3) is 15.3. The quantitative estimate of drug-likeness (QED) is 0.0996. The first-order valence-electron chi connectivity index (χ1n) is 17.7. The van der Waals surface area contributed by atoms with Crippen LogP contribution < -0.4 is 9.47 Å². The molecule has 0 N–H and O–H groups in total. The normalized spacial score (nSPS) is 12.3. The first-order valence-corrected chi connectivity index (χ1v) is 17.7. The zero-order chi connectivity index (χ0) is 37.6. The standard InChI is InChI=1S/C44H50O8/c1-7-47-41(43(45)49-9-3)31-37-18-22-39(23-19-37)51-28-26-33(5)14-16-35-12-11-13-36(30-35)17-15-34(6)27-29-52-40-24-20-38(21-25-40)32-42(48-8-2)44(46)50-10-4/h11-13,18-27,30,41-42H,7-10,28-29,31-32H2,1-6H3/b33-26+,34-27?/t41-,42-/m0/s1. The van der Waals surface area contributed by atoms with E-state index in [4.69, 9.17) is 28.4 Å². The molecule has 0 fully saturated rings. The molecule has 8 heteroatoms. The van der Waals surface area contributed by atoms with Crippen molar-refractivity contribution in [2.75, 3.05) is 39.6 Å². The number of rotatable bonds is 18. The van der Waals surface area contributed by atoms with Crippen molar-refractivity contribution in [2.24, 2.45) is 0 Å². The Labute approximate surface area is 309 Å². The smallest absolute Gasteiger partial charge is 0.335 e. The van der Waals surface area contributed by atoms with Gasteiger partial charge >= 0.3 is 11.9 Å². The largest absolute Gasteiger partial charge is 0.490 e. The van der Waals surface area contributed by atoms with E-state index in [0.717, 1.165) is 44.9 Å². The lowest BCUT2D eigenvalue weighted by Crippen LogP contribution is -2.28. The van der Waals surface area contributed by atoms with Crippen LogP contribution in [0.25, 0.3) is 0 Å². The molecule has 0 saturated carbocycles. The number of carbonyl (C=O) groups excluding carboxylic acids is 2. The van der Waals surface area contributed by atoms with E-state index in [9.17, 15) is 9.59 Å². The molecule has 274 valence electrons. The van der Waals surface area contributed by atoms with Gasteiger partial charge in [0.15, 0.2) is 12.2 Å². The van der Waals surface area contributed by atoms with Gasteiger partial charge in [-0.05, 0) is 118 Å². The van der Waals surface area contributed by atoms with Crippen LogP contribution in [0.3, 0.4) is 0 Å². The fourth-order valence-corrected chi connectivity index (χ4v) is 4.81. The second-order valence-electron chi connectivity index (χ2n) is 11.6. The summed E-state index contributed by atoms with van der Waals surface area (Å²) in [5, 5.41) is 0. The molecular weight excluding hydrogens is 656 g/mol. The summed E-state index contributed by atoms with van der Waals surface area (Å²) in [5.41, 5.74) is 5.44. The Kier molecular flexibility index (Phi) is 18.4. The maximum Gasteiger partial charge on any atom is 0.335 e. The van der Waals surface area contributed by atoms with Crippen molar-refractivity contribution in [1.82, 2.24) is 0 Å². The van der Waals surface area contributed by atoms with E-state index in [1.165, 1.54) is 0 Å². The van der Waals surface area contributed by atoms with Crippen molar-refractivity contribution in [3.05, 3.63) is 118 Å². The summed E-state index contributed by atoms with van der Waals surface area (Å²) in [5.74, 6) is 13.5. The molecule has 52 heavy (non-hydrogen) atoms. The lowest BCUT2D eigenvalue weighted by molar-refractivity contribution is -0.157. The first-order chi connectivity index (χ1) is 25.2. The molecule has 3 aromatic carbocycles. The summed E-state index contributed by atoms with van der Waals surface area (Å²) >= 11 is 0. The molecule has 8 nitrogen and oxygen atoms in total. The second kappa shape index (κ2) is 23.2. The van der Waals surface area contributed by atoms with Crippen molar-refractivity contribution in [3.63, 3.8) is 0 Å². The maximum atomic E-state index is 12.1. The van der Waals surface area contributed by atoms with E-state index in [2.05, 4.69) is 23.7 Å². The Bertz CT molecular complexity index is 1620. The lowest BCUT2D eigenvalue weighted by Gasteiger charge is -2.15. The highest BCUT2D eigenvalue weighted by Gasteiger charge is 2.21. The van der Waals surface area contributed by atoms with Crippen LogP contribution in [0.2, 0.25) is 0 Å². The van der Waals surface area contributed by atoms with Crippen LogP contribution in [0, 0.1) is 23.7 Å². The van der Waals surface area contributed by atoms with E-state index >= 15 is 0 Å². The summed E-state index contributed by atoms with van der Waals surface area (Å²) in [6.45, 7) is 13.4. The number of carbonyl (C=O) groups is 2. The number of benzene rings is 3. The topological polar surface area (TPSA) is 89.5 Å². The van der Waals surface area contributed by atoms with Crippen molar-refractivity contribution < 1.29 is 38.0 Å². The fourth-order valence-electron chi connectivity index (χ4n) is 4.81. The van der Waals surface area contributed by atoms with Gasteiger partial charge in [0.25, 0.3) is 0 Å². The Balaban J connectivity index is 1.47. The minimum absolute atomic E-state index is 0.321. The molecule has 0 aliphatic rings. The maximum absolute atomic E-state index is 12.1. The van der Waals surface area contributed by atoms with Gasteiger partial charge in [0.2, 0.25) is 0 Å². The first kappa shape index (κ1) is 41.1. The Morgan fingerprint density at radius 3 is 1.37 bits per heavy atom. The highest BCUT2D eigenvalue weighted by Crippen LogP contribution is 2.17. The summed E-state index contributed by atoms with van der Waals surface area (Å²) in [7, 11) is 0. The van der Waals surface area contributed by atoms with Crippen LogP contribution >= 0.6 is 0 Å². The van der Waals surface area contributed by atoms with Gasteiger partial charge in [-0.3, -0.25) is 0 Å². The van der Waals surface area contributed by atoms with Crippen LogP contribution in [-0.4, -0.2) is 63.8 Å². The molecule has 0 heterocycles.